The van der Waals surface area contributed by atoms with E-state index in [1.165, 1.54) is 0 Å². The van der Waals surface area contributed by atoms with Gasteiger partial charge in [0.05, 0.1) is 18.5 Å². The molecule has 110 valence electrons. The number of benzene rings is 1. The molecule has 0 aromatic heterocycles. The molecule has 0 N–H and O–H groups in total. The zero-order valence-corrected chi connectivity index (χ0v) is 12.1. The summed E-state index contributed by atoms with van der Waals surface area (Å²) >= 11 is 0. The molecular weight excluding hydrogens is 280 g/mol. The van der Waals surface area contributed by atoms with Crippen molar-refractivity contribution in [2.75, 3.05) is 7.11 Å². The first kappa shape index (κ1) is 12.9. The molecule has 2 heterocycles. The number of ether oxygens (including phenoxy) is 1. The van der Waals surface area contributed by atoms with E-state index in [0.717, 1.165) is 42.0 Å². The van der Waals surface area contributed by atoms with Gasteiger partial charge in [-0.2, -0.15) is 15.1 Å². The van der Waals surface area contributed by atoms with Crippen molar-refractivity contribution in [3.63, 3.8) is 0 Å². The zero-order chi connectivity index (χ0) is 15.1. The molecule has 4 rings (SSSR count). The summed E-state index contributed by atoms with van der Waals surface area (Å²) in [5.41, 5.74) is 3.21. The topological polar surface area (TPSA) is 66.6 Å². The Hall–Kier alpha value is -2.76. The number of hydrogen-bond donors (Lipinski definition) is 0. The molecule has 3 aliphatic rings. The lowest BCUT2D eigenvalue weighted by atomic mass is 10.2. The quantitative estimate of drug-likeness (QED) is 0.786. The van der Waals surface area contributed by atoms with Crippen LogP contribution in [0.15, 0.2) is 45.0 Å². The number of nitrogens with zero attached hydrogens (tertiary/aromatic N) is 4. The molecule has 0 atom stereocenters. The maximum absolute atomic E-state index is 12.2. The lowest BCUT2D eigenvalue weighted by molar-refractivity contribution is -0.114. The fraction of sp³-hybridized carbons (Fsp3) is 0.250. The number of methoxy groups -OCH3 is 1. The van der Waals surface area contributed by atoms with Crippen LogP contribution in [0, 0.1) is 0 Å². The van der Waals surface area contributed by atoms with Crippen molar-refractivity contribution >= 4 is 29.4 Å². The minimum atomic E-state index is -0.313. The minimum absolute atomic E-state index is 0.313. The molecule has 0 spiro atoms. The van der Waals surface area contributed by atoms with Crippen molar-refractivity contribution in [3.8, 4) is 5.75 Å². The second-order valence-electron chi connectivity index (χ2n) is 5.29. The highest BCUT2D eigenvalue weighted by molar-refractivity contribution is 6.46. The van der Waals surface area contributed by atoms with Crippen LogP contribution in [-0.4, -0.2) is 35.4 Å². The molecule has 0 saturated heterocycles. The molecule has 1 aliphatic carbocycles. The predicted molar refractivity (Wildman–Crippen MR) is 84.0 cm³/mol. The van der Waals surface area contributed by atoms with Crippen molar-refractivity contribution in [2.45, 2.75) is 19.3 Å². The normalized spacial score (nSPS) is 21.3. The third kappa shape index (κ3) is 2.04. The summed E-state index contributed by atoms with van der Waals surface area (Å²) in [4.78, 5) is 20.6. The van der Waals surface area contributed by atoms with Gasteiger partial charge in [-0.3, -0.25) is 4.79 Å². The van der Waals surface area contributed by atoms with E-state index in [2.05, 4.69) is 15.1 Å². The van der Waals surface area contributed by atoms with Crippen LogP contribution in [0.2, 0.25) is 0 Å². The van der Waals surface area contributed by atoms with E-state index in [-0.39, 0.29) is 5.91 Å². The third-order valence-corrected chi connectivity index (χ3v) is 3.85. The van der Waals surface area contributed by atoms with Crippen LogP contribution in [0.5, 0.6) is 5.75 Å². The number of hydrogen-bond acceptors (Lipinski definition) is 5. The Morgan fingerprint density at radius 2 is 2.09 bits per heavy atom. The number of aliphatic imine (C=N–C) groups is 2. The molecular formula is C16H14N4O2. The van der Waals surface area contributed by atoms with Crippen LogP contribution in [0.25, 0.3) is 6.08 Å². The molecule has 6 nitrogen and oxygen atoms in total. The molecule has 2 aliphatic heterocycles. The second-order valence-corrected chi connectivity index (χ2v) is 5.29. The molecule has 22 heavy (non-hydrogen) atoms. The number of rotatable bonds is 2. The SMILES string of the molecule is COc1cccc(C=C2C(=O)N=C3N=C4CCCC4=NN23)c1. The number of guanidine groups is 1. The molecule has 6 heteroatoms. The Morgan fingerprint density at radius 1 is 1.23 bits per heavy atom. The summed E-state index contributed by atoms with van der Waals surface area (Å²) < 4.78 is 5.20. The number of amides is 1. The second kappa shape index (κ2) is 4.91. The van der Waals surface area contributed by atoms with Gasteiger partial charge in [0, 0.05) is 0 Å². The molecule has 0 unspecified atom stereocenters. The standard InChI is InChI=1S/C16H14N4O2/c1-22-11-5-2-4-10(8-11)9-14-15(21)18-16-17-12-6-3-7-13(12)19-20(14)16/h2,4-5,8-9H,3,6-7H2,1H3. The molecule has 1 fully saturated rings. The summed E-state index contributed by atoms with van der Waals surface area (Å²) in [6, 6.07) is 7.50. The molecule has 1 saturated carbocycles. The van der Waals surface area contributed by atoms with Crippen molar-refractivity contribution in [1.82, 2.24) is 5.01 Å². The lowest BCUT2D eigenvalue weighted by Crippen LogP contribution is -2.28. The Morgan fingerprint density at radius 3 is 2.95 bits per heavy atom. The highest BCUT2D eigenvalue weighted by Crippen LogP contribution is 2.27. The fourth-order valence-corrected chi connectivity index (χ4v) is 2.76. The average molecular weight is 294 g/mol. The van der Waals surface area contributed by atoms with E-state index in [0.29, 0.717) is 11.7 Å². The molecule has 1 aromatic rings. The summed E-state index contributed by atoms with van der Waals surface area (Å²) in [5, 5.41) is 6.09. The average Bonchev–Trinajstić information content (AvgIpc) is 3.10. The molecule has 1 amide bonds. The summed E-state index contributed by atoms with van der Waals surface area (Å²) in [6.45, 7) is 0. The van der Waals surface area contributed by atoms with E-state index in [1.54, 1.807) is 18.2 Å². The van der Waals surface area contributed by atoms with Gasteiger partial charge >= 0.3 is 0 Å². The highest BCUT2D eigenvalue weighted by Gasteiger charge is 2.35. The third-order valence-electron chi connectivity index (χ3n) is 3.85. The van der Waals surface area contributed by atoms with Crippen LogP contribution >= 0.6 is 0 Å². The first-order valence-corrected chi connectivity index (χ1v) is 7.19. The van der Waals surface area contributed by atoms with E-state index < -0.39 is 0 Å². The van der Waals surface area contributed by atoms with Crippen LogP contribution in [0.4, 0.5) is 0 Å². The summed E-state index contributed by atoms with van der Waals surface area (Å²) in [7, 11) is 1.61. The van der Waals surface area contributed by atoms with Gasteiger partial charge in [0.1, 0.15) is 11.4 Å². The van der Waals surface area contributed by atoms with Crippen LogP contribution in [-0.2, 0) is 4.79 Å². The first-order chi connectivity index (χ1) is 10.7. The zero-order valence-electron chi connectivity index (χ0n) is 12.1. The maximum atomic E-state index is 12.2. The van der Waals surface area contributed by atoms with Crippen molar-refractivity contribution in [1.29, 1.82) is 0 Å². The molecule has 0 bridgehead atoms. The Labute approximate surface area is 127 Å². The Balaban J connectivity index is 1.73. The smallest absolute Gasteiger partial charge is 0.299 e. The molecule has 0 radical (unpaired) electrons. The Kier molecular flexibility index (Phi) is 2.89. The minimum Gasteiger partial charge on any atom is -0.497 e. The van der Waals surface area contributed by atoms with Gasteiger partial charge < -0.3 is 4.74 Å². The van der Waals surface area contributed by atoms with Crippen LogP contribution in [0.3, 0.4) is 0 Å². The lowest BCUT2D eigenvalue weighted by Gasteiger charge is -2.18. The van der Waals surface area contributed by atoms with Gasteiger partial charge in [0.25, 0.3) is 11.9 Å². The van der Waals surface area contributed by atoms with E-state index in [4.69, 9.17) is 4.74 Å². The van der Waals surface area contributed by atoms with Crippen molar-refractivity contribution in [2.24, 2.45) is 15.1 Å². The van der Waals surface area contributed by atoms with Crippen LogP contribution in [0.1, 0.15) is 24.8 Å². The van der Waals surface area contributed by atoms with Gasteiger partial charge in [-0.1, -0.05) is 12.1 Å². The van der Waals surface area contributed by atoms with Gasteiger partial charge in [0.2, 0.25) is 0 Å². The maximum Gasteiger partial charge on any atom is 0.299 e. The van der Waals surface area contributed by atoms with E-state index >= 15 is 0 Å². The van der Waals surface area contributed by atoms with Crippen molar-refractivity contribution in [3.05, 3.63) is 35.5 Å². The number of fused-ring (bicyclic) bond motifs is 2. The number of carbonyl (C=O) groups is 1. The largest absolute Gasteiger partial charge is 0.497 e. The van der Waals surface area contributed by atoms with Gasteiger partial charge in [-0.05, 0) is 43.0 Å². The van der Waals surface area contributed by atoms with Gasteiger partial charge in [-0.25, -0.2) is 4.99 Å². The highest BCUT2D eigenvalue weighted by atomic mass is 16.5. The number of hydrazone groups is 1. The van der Waals surface area contributed by atoms with E-state index in [9.17, 15) is 4.79 Å². The predicted octanol–water partition coefficient (Wildman–Crippen LogP) is 2.23. The summed E-state index contributed by atoms with van der Waals surface area (Å²) in [6.07, 6.45) is 4.64. The molecule has 1 aromatic carbocycles. The summed E-state index contributed by atoms with van der Waals surface area (Å²) in [5.74, 6) is 0.799. The first-order valence-electron chi connectivity index (χ1n) is 7.19. The monoisotopic (exact) mass is 294 g/mol. The fourth-order valence-electron chi connectivity index (χ4n) is 2.76. The van der Waals surface area contributed by atoms with E-state index in [1.807, 2.05) is 24.3 Å². The number of carbonyl (C=O) groups excluding carboxylic acids is 1. The van der Waals surface area contributed by atoms with Gasteiger partial charge in [-0.15, -0.1) is 0 Å². The van der Waals surface area contributed by atoms with Crippen molar-refractivity contribution < 1.29 is 9.53 Å². The van der Waals surface area contributed by atoms with Crippen LogP contribution < -0.4 is 4.74 Å². The van der Waals surface area contributed by atoms with Gasteiger partial charge in [0.15, 0.2) is 0 Å². The Bertz CT molecular complexity index is 789.